The summed E-state index contributed by atoms with van der Waals surface area (Å²) in [6.07, 6.45) is 10.4. The number of nitrogens with one attached hydrogen (secondary N) is 1. The van der Waals surface area contributed by atoms with Crippen molar-refractivity contribution >= 4 is 5.71 Å². The molecule has 2 heterocycles. The van der Waals surface area contributed by atoms with Crippen LogP contribution < -0.4 is 10.5 Å². The summed E-state index contributed by atoms with van der Waals surface area (Å²) >= 11 is 0. The first-order valence-corrected chi connectivity index (χ1v) is 14.0. The summed E-state index contributed by atoms with van der Waals surface area (Å²) in [4.78, 5) is 7.20. The number of ether oxygens (including phenoxy) is 1. The van der Waals surface area contributed by atoms with Gasteiger partial charge in [-0.3, -0.25) is 4.98 Å². The lowest BCUT2D eigenvalue weighted by atomic mass is 9.82. The second-order valence-corrected chi connectivity index (χ2v) is 10.8. The number of piperidine rings is 1. The van der Waals surface area contributed by atoms with Gasteiger partial charge < -0.3 is 20.8 Å². The number of hydrogen-bond acceptors (Lipinski definition) is 5. The molecule has 0 radical (unpaired) electrons. The molecule has 206 valence electrons. The number of benzene rings is 1. The summed E-state index contributed by atoms with van der Waals surface area (Å²) in [6.45, 7) is 17.8. The predicted molar refractivity (Wildman–Crippen MR) is 160 cm³/mol. The molecule has 0 bridgehead atoms. The molecule has 5 heteroatoms. The second kappa shape index (κ2) is 15.6. The normalized spacial score (nSPS) is 16.2. The Morgan fingerprint density at radius 2 is 1.84 bits per heavy atom. The Morgan fingerprint density at radius 1 is 1.16 bits per heavy atom. The highest BCUT2D eigenvalue weighted by Crippen LogP contribution is 2.31. The summed E-state index contributed by atoms with van der Waals surface area (Å²) in [5, 5.41) is 9.10. The fourth-order valence-corrected chi connectivity index (χ4v) is 5.15. The molecule has 3 N–H and O–H groups in total. The van der Waals surface area contributed by atoms with Gasteiger partial charge in [-0.1, -0.05) is 45.9 Å². The van der Waals surface area contributed by atoms with E-state index in [9.17, 15) is 0 Å². The molecule has 37 heavy (non-hydrogen) atoms. The highest BCUT2D eigenvalue weighted by Gasteiger charge is 2.24. The predicted octanol–water partition coefficient (Wildman–Crippen LogP) is 7.29. The van der Waals surface area contributed by atoms with E-state index in [1.807, 2.05) is 6.20 Å². The van der Waals surface area contributed by atoms with Gasteiger partial charge in [-0.15, -0.1) is 0 Å². The van der Waals surface area contributed by atoms with Crippen LogP contribution in [0.5, 0.6) is 5.75 Å². The number of rotatable bonds is 11. The first-order valence-electron chi connectivity index (χ1n) is 14.0. The number of aryl methyl sites for hydroxylation is 3. The minimum absolute atomic E-state index is 0. The monoisotopic (exact) mass is 508 g/mol. The van der Waals surface area contributed by atoms with Crippen molar-refractivity contribution in [3.63, 3.8) is 0 Å². The third-order valence-corrected chi connectivity index (χ3v) is 7.84. The summed E-state index contributed by atoms with van der Waals surface area (Å²) in [7, 11) is 1.75. The van der Waals surface area contributed by atoms with Gasteiger partial charge in [-0.2, -0.15) is 0 Å². The molecular formula is C32H52N4O. The maximum Gasteiger partial charge on any atom is 0.122 e. The maximum atomic E-state index is 9.10. The van der Waals surface area contributed by atoms with Gasteiger partial charge >= 0.3 is 0 Å². The van der Waals surface area contributed by atoms with Gasteiger partial charge in [0.1, 0.15) is 5.75 Å². The molecule has 0 amide bonds. The standard InChI is InChI=1S/C30H45N3O.C2H5N.H2/c1-21-10-12-26(29(18-21)34-6)13-11-23(3)27-19-24(4)32-20-28(27)30(31)25(5)22(2)14-17-33-15-8-7-9-16-33;1-2-3;/h10,12,18-20,22-23,25,31H,7-9,11,13-17H2,1-6H3;2H,1,3H2;1H. The van der Waals surface area contributed by atoms with Crippen LogP contribution in [0.25, 0.3) is 0 Å². The fraction of sp³-hybridized carbons (Fsp3) is 0.562. The summed E-state index contributed by atoms with van der Waals surface area (Å²) < 4.78 is 5.62. The Balaban J connectivity index is 0.00000172. The van der Waals surface area contributed by atoms with E-state index in [1.165, 1.54) is 55.2 Å². The molecule has 1 aromatic heterocycles. The van der Waals surface area contributed by atoms with Crippen molar-refractivity contribution in [1.29, 1.82) is 5.41 Å². The molecule has 1 aliphatic rings. The largest absolute Gasteiger partial charge is 0.496 e. The van der Waals surface area contributed by atoms with Crippen LogP contribution in [0.2, 0.25) is 0 Å². The van der Waals surface area contributed by atoms with E-state index in [0.717, 1.165) is 48.5 Å². The van der Waals surface area contributed by atoms with Crippen LogP contribution in [0.1, 0.15) is 88.2 Å². The van der Waals surface area contributed by atoms with Crippen molar-refractivity contribution in [2.75, 3.05) is 26.7 Å². The lowest BCUT2D eigenvalue weighted by Gasteiger charge is -2.29. The summed E-state index contributed by atoms with van der Waals surface area (Å²) in [5.41, 5.74) is 11.1. The van der Waals surface area contributed by atoms with Gasteiger partial charge in [0, 0.05) is 30.5 Å². The summed E-state index contributed by atoms with van der Waals surface area (Å²) in [6, 6.07) is 8.66. The van der Waals surface area contributed by atoms with E-state index in [2.05, 4.69) is 81.1 Å². The minimum atomic E-state index is 0. The number of pyridine rings is 1. The molecule has 1 fully saturated rings. The fourth-order valence-electron chi connectivity index (χ4n) is 5.15. The molecule has 3 rings (SSSR count). The van der Waals surface area contributed by atoms with Crippen LogP contribution >= 0.6 is 0 Å². The molecule has 3 atom stereocenters. The molecule has 0 saturated carbocycles. The van der Waals surface area contributed by atoms with Crippen molar-refractivity contribution in [1.82, 2.24) is 9.88 Å². The van der Waals surface area contributed by atoms with E-state index >= 15 is 0 Å². The van der Waals surface area contributed by atoms with E-state index in [-0.39, 0.29) is 7.34 Å². The molecule has 1 aromatic carbocycles. The van der Waals surface area contributed by atoms with Gasteiger partial charge in [-0.25, -0.2) is 0 Å². The lowest BCUT2D eigenvalue weighted by Crippen LogP contribution is -2.32. The number of methoxy groups -OCH3 is 1. The van der Waals surface area contributed by atoms with Crippen LogP contribution in [-0.2, 0) is 6.42 Å². The molecule has 1 saturated heterocycles. The maximum absolute atomic E-state index is 9.10. The molecule has 3 unspecified atom stereocenters. The zero-order valence-electron chi connectivity index (χ0n) is 24.1. The SMILES string of the molecule is C=CN.COc1cc(C)ccc1CCC(C)c1cc(C)ncc1C(=N)C(C)C(C)CCN1CCCCC1.[HH]. The average Bonchev–Trinajstić information content (AvgIpc) is 2.90. The number of nitrogens with two attached hydrogens (primary N) is 1. The molecule has 0 aliphatic carbocycles. The van der Waals surface area contributed by atoms with Gasteiger partial charge in [0.25, 0.3) is 0 Å². The van der Waals surface area contributed by atoms with Crippen molar-refractivity contribution in [3.8, 4) is 5.75 Å². The third-order valence-electron chi connectivity index (χ3n) is 7.84. The average molecular weight is 509 g/mol. The number of hydrogen-bond donors (Lipinski definition) is 2. The van der Waals surface area contributed by atoms with E-state index in [1.54, 1.807) is 7.11 Å². The van der Waals surface area contributed by atoms with E-state index < -0.39 is 0 Å². The zero-order valence-corrected chi connectivity index (χ0v) is 24.1. The first-order chi connectivity index (χ1) is 17.7. The van der Waals surface area contributed by atoms with E-state index in [0.29, 0.717) is 11.8 Å². The van der Waals surface area contributed by atoms with Gasteiger partial charge in [0.05, 0.1) is 7.11 Å². The minimum Gasteiger partial charge on any atom is -0.496 e. The second-order valence-electron chi connectivity index (χ2n) is 10.8. The van der Waals surface area contributed by atoms with Crippen LogP contribution in [0.3, 0.4) is 0 Å². The number of likely N-dealkylation sites (tertiary alicyclic amines) is 1. The highest BCUT2D eigenvalue weighted by molar-refractivity contribution is 6.01. The molecule has 2 aromatic rings. The highest BCUT2D eigenvalue weighted by atomic mass is 16.5. The van der Waals surface area contributed by atoms with Crippen molar-refractivity contribution in [2.24, 2.45) is 17.6 Å². The summed E-state index contributed by atoms with van der Waals surface area (Å²) in [5.74, 6) is 2.02. The Bertz CT molecular complexity index is 1000. The smallest absolute Gasteiger partial charge is 0.122 e. The first kappa shape index (κ1) is 30.6. The third kappa shape index (κ3) is 9.30. The molecule has 5 nitrogen and oxygen atoms in total. The Hall–Kier alpha value is -2.66. The molecular weight excluding hydrogens is 456 g/mol. The van der Waals surface area contributed by atoms with Crippen molar-refractivity contribution in [2.45, 2.75) is 79.1 Å². The van der Waals surface area contributed by atoms with Crippen LogP contribution in [0.4, 0.5) is 0 Å². The Morgan fingerprint density at radius 3 is 2.49 bits per heavy atom. The van der Waals surface area contributed by atoms with Gasteiger partial charge in [0.15, 0.2) is 0 Å². The Kier molecular flexibility index (Phi) is 12.9. The zero-order chi connectivity index (χ0) is 27.4. The van der Waals surface area contributed by atoms with Crippen LogP contribution in [0, 0.1) is 31.1 Å². The lowest BCUT2D eigenvalue weighted by molar-refractivity contribution is 0.210. The van der Waals surface area contributed by atoms with Crippen LogP contribution in [-0.4, -0.2) is 42.3 Å². The quantitative estimate of drug-likeness (QED) is 0.312. The Labute approximate surface area is 227 Å². The number of nitrogens with zero attached hydrogens (tertiary/aromatic N) is 2. The van der Waals surface area contributed by atoms with Crippen molar-refractivity contribution < 1.29 is 6.16 Å². The van der Waals surface area contributed by atoms with Gasteiger partial charge in [0.2, 0.25) is 0 Å². The van der Waals surface area contributed by atoms with Crippen molar-refractivity contribution in [3.05, 3.63) is 71.2 Å². The van der Waals surface area contributed by atoms with Gasteiger partial charge in [-0.05, 0) is 112 Å². The van der Waals surface area contributed by atoms with E-state index in [4.69, 9.17) is 10.1 Å². The molecule has 0 spiro atoms. The number of aromatic nitrogens is 1. The topological polar surface area (TPSA) is 75.2 Å². The van der Waals surface area contributed by atoms with Crippen LogP contribution in [0.15, 0.2) is 43.2 Å². The molecule has 1 aliphatic heterocycles.